The predicted octanol–water partition coefficient (Wildman–Crippen LogP) is 0.637. The Labute approximate surface area is 103 Å². The van der Waals surface area contributed by atoms with Gasteiger partial charge in [-0.15, -0.1) is 5.10 Å². The van der Waals surface area contributed by atoms with Gasteiger partial charge in [0.25, 0.3) is 0 Å². The lowest BCUT2D eigenvalue weighted by atomic mass is 9.80. The number of nitrogens with one attached hydrogen (secondary N) is 1. The van der Waals surface area contributed by atoms with Gasteiger partial charge < -0.3 is 10.2 Å². The molecular formula is C12H23N5. The zero-order valence-corrected chi connectivity index (χ0v) is 11.1. The Morgan fingerprint density at radius 3 is 2.65 bits per heavy atom. The Kier molecular flexibility index (Phi) is 3.79. The lowest BCUT2D eigenvalue weighted by molar-refractivity contribution is 0.136. The summed E-state index contributed by atoms with van der Waals surface area (Å²) in [6.45, 7) is 6.69. The number of rotatable bonds is 4. The zero-order valence-electron chi connectivity index (χ0n) is 11.1. The van der Waals surface area contributed by atoms with Crippen molar-refractivity contribution in [3.05, 3.63) is 11.9 Å². The highest BCUT2D eigenvalue weighted by atomic mass is 15.4. The maximum atomic E-state index is 4.08. The van der Waals surface area contributed by atoms with E-state index in [0.29, 0.717) is 5.41 Å². The summed E-state index contributed by atoms with van der Waals surface area (Å²) in [5.41, 5.74) is 1.46. The molecular weight excluding hydrogens is 214 g/mol. The van der Waals surface area contributed by atoms with E-state index in [1.807, 2.05) is 13.2 Å². The van der Waals surface area contributed by atoms with Crippen LogP contribution in [0, 0.1) is 5.41 Å². The van der Waals surface area contributed by atoms with Crippen LogP contribution in [0.5, 0.6) is 0 Å². The first kappa shape index (κ1) is 12.5. The lowest BCUT2D eigenvalue weighted by Gasteiger charge is -2.38. The fourth-order valence-electron chi connectivity index (χ4n) is 2.30. The molecule has 1 aliphatic rings. The summed E-state index contributed by atoms with van der Waals surface area (Å²) in [5.74, 6) is 0. The van der Waals surface area contributed by atoms with Crippen LogP contribution in [0.1, 0.15) is 25.5 Å². The van der Waals surface area contributed by atoms with Crippen LogP contribution in [0.25, 0.3) is 0 Å². The van der Waals surface area contributed by atoms with Crippen LogP contribution in [0.15, 0.2) is 6.20 Å². The standard InChI is InChI=1S/C12H23N5/c1-12(4-6-16(2)7-5-12)10-13-8-11-9-17(3)15-14-11/h9,13H,4-8,10H2,1-3H3. The van der Waals surface area contributed by atoms with E-state index in [0.717, 1.165) is 18.8 Å². The van der Waals surface area contributed by atoms with Crippen LogP contribution < -0.4 is 5.32 Å². The van der Waals surface area contributed by atoms with Crippen LogP contribution >= 0.6 is 0 Å². The largest absolute Gasteiger partial charge is 0.311 e. The number of piperidine rings is 1. The normalized spacial score (nSPS) is 20.6. The van der Waals surface area contributed by atoms with Gasteiger partial charge in [-0.1, -0.05) is 12.1 Å². The zero-order chi connectivity index (χ0) is 12.3. The van der Waals surface area contributed by atoms with Gasteiger partial charge in [0.15, 0.2) is 0 Å². The molecule has 0 aliphatic carbocycles. The lowest BCUT2D eigenvalue weighted by Crippen LogP contribution is -2.41. The molecule has 5 heteroatoms. The van der Waals surface area contributed by atoms with E-state index in [1.54, 1.807) is 4.68 Å². The number of hydrogen-bond acceptors (Lipinski definition) is 4. The van der Waals surface area contributed by atoms with Gasteiger partial charge in [0, 0.05) is 26.3 Å². The minimum Gasteiger partial charge on any atom is -0.311 e. The number of aromatic nitrogens is 3. The molecule has 1 aromatic heterocycles. The minimum atomic E-state index is 0.439. The third-order valence-corrected chi connectivity index (χ3v) is 3.70. The third kappa shape index (κ3) is 3.51. The molecule has 1 aromatic rings. The van der Waals surface area contributed by atoms with Crippen molar-refractivity contribution in [1.82, 2.24) is 25.2 Å². The minimum absolute atomic E-state index is 0.439. The maximum absolute atomic E-state index is 4.08. The molecule has 0 aromatic carbocycles. The highest BCUT2D eigenvalue weighted by Gasteiger charge is 2.28. The Hall–Kier alpha value is -0.940. The average molecular weight is 237 g/mol. The highest BCUT2D eigenvalue weighted by molar-refractivity contribution is 4.92. The van der Waals surface area contributed by atoms with Crippen LogP contribution in [0.2, 0.25) is 0 Å². The Morgan fingerprint density at radius 1 is 1.35 bits per heavy atom. The first-order valence-corrected chi connectivity index (χ1v) is 6.32. The summed E-state index contributed by atoms with van der Waals surface area (Å²) in [7, 11) is 4.10. The summed E-state index contributed by atoms with van der Waals surface area (Å²) < 4.78 is 1.74. The van der Waals surface area contributed by atoms with Gasteiger partial charge in [-0.25, -0.2) is 0 Å². The average Bonchev–Trinajstić information content (AvgIpc) is 2.69. The number of aryl methyl sites for hydroxylation is 1. The van der Waals surface area contributed by atoms with Gasteiger partial charge in [-0.2, -0.15) is 0 Å². The molecule has 0 spiro atoms. The first-order chi connectivity index (χ1) is 8.07. The highest BCUT2D eigenvalue weighted by Crippen LogP contribution is 2.29. The van der Waals surface area contributed by atoms with Crippen LogP contribution in [0.4, 0.5) is 0 Å². The van der Waals surface area contributed by atoms with E-state index in [-0.39, 0.29) is 0 Å². The Balaban J connectivity index is 1.74. The van der Waals surface area contributed by atoms with Gasteiger partial charge in [-0.05, 0) is 38.4 Å². The van der Waals surface area contributed by atoms with Crippen molar-refractivity contribution in [3.8, 4) is 0 Å². The molecule has 17 heavy (non-hydrogen) atoms. The molecule has 5 nitrogen and oxygen atoms in total. The van der Waals surface area contributed by atoms with Crippen molar-refractivity contribution >= 4 is 0 Å². The summed E-state index contributed by atoms with van der Waals surface area (Å²) >= 11 is 0. The molecule has 0 unspecified atom stereocenters. The van der Waals surface area contributed by atoms with Crippen molar-refractivity contribution in [2.24, 2.45) is 12.5 Å². The molecule has 1 fully saturated rings. The van der Waals surface area contributed by atoms with Crippen molar-refractivity contribution < 1.29 is 0 Å². The Bertz CT molecular complexity index is 352. The summed E-state index contributed by atoms with van der Waals surface area (Å²) in [6, 6.07) is 0. The third-order valence-electron chi connectivity index (χ3n) is 3.70. The molecule has 0 saturated carbocycles. The molecule has 96 valence electrons. The molecule has 0 atom stereocenters. The Morgan fingerprint density at radius 2 is 2.06 bits per heavy atom. The molecule has 2 rings (SSSR count). The van der Waals surface area contributed by atoms with Gasteiger partial charge in [0.2, 0.25) is 0 Å². The summed E-state index contributed by atoms with van der Waals surface area (Å²) in [6.07, 6.45) is 4.51. The van der Waals surface area contributed by atoms with E-state index < -0.39 is 0 Å². The predicted molar refractivity (Wildman–Crippen MR) is 67.5 cm³/mol. The fraction of sp³-hybridized carbons (Fsp3) is 0.833. The second-order valence-electron chi connectivity index (χ2n) is 5.60. The fourth-order valence-corrected chi connectivity index (χ4v) is 2.30. The van der Waals surface area contributed by atoms with Crippen LogP contribution in [-0.2, 0) is 13.6 Å². The van der Waals surface area contributed by atoms with Crippen molar-refractivity contribution in [2.45, 2.75) is 26.3 Å². The number of hydrogen-bond donors (Lipinski definition) is 1. The van der Waals surface area contributed by atoms with Crippen molar-refractivity contribution in [3.63, 3.8) is 0 Å². The van der Waals surface area contributed by atoms with E-state index in [4.69, 9.17) is 0 Å². The molecule has 2 heterocycles. The molecule has 1 N–H and O–H groups in total. The SMILES string of the molecule is CN1CCC(C)(CNCc2cn(C)nn2)CC1. The quantitative estimate of drug-likeness (QED) is 0.834. The number of nitrogens with zero attached hydrogens (tertiary/aromatic N) is 4. The van der Waals surface area contributed by atoms with Crippen LogP contribution in [-0.4, -0.2) is 46.6 Å². The van der Waals surface area contributed by atoms with E-state index in [9.17, 15) is 0 Å². The summed E-state index contributed by atoms with van der Waals surface area (Å²) in [5, 5.41) is 11.5. The van der Waals surface area contributed by atoms with Gasteiger partial charge in [-0.3, -0.25) is 4.68 Å². The van der Waals surface area contributed by atoms with Gasteiger partial charge in [0.05, 0.1) is 5.69 Å². The monoisotopic (exact) mass is 237 g/mol. The van der Waals surface area contributed by atoms with E-state index in [1.165, 1.54) is 25.9 Å². The molecule has 0 bridgehead atoms. The second kappa shape index (κ2) is 5.14. The van der Waals surface area contributed by atoms with Gasteiger partial charge >= 0.3 is 0 Å². The number of likely N-dealkylation sites (tertiary alicyclic amines) is 1. The summed E-state index contributed by atoms with van der Waals surface area (Å²) in [4.78, 5) is 2.41. The molecule has 0 radical (unpaired) electrons. The van der Waals surface area contributed by atoms with Crippen LogP contribution in [0.3, 0.4) is 0 Å². The molecule has 1 saturated heterocycles. The smallest absolute Gasteiger partial charge is 0.0964 e. The topological polar surface area (TPSA) is 46.0 Å². The first-order valence-electron chi connectivity index (χ1n) is 6.32. The van der Waals surface area contributed by atoms with E-state index in [2.05, 4.69) is 34.5 Å². The van der Waals surface area contributed by atoms with E-state index >= 15 is 0 Å². The second-order valence-corrected chi connectivity index (χ2v) is 5.60. The molecule has 1 aliphatic heterocycles. The van der Waals surface area contributed by atoms with Gasteiger partial charge in [0.1, 0.15) is 0 Å². The van der Waals surface area contributed by atoms with Crippen molar-refractivity contribution in [2.75, 3.05) is 26.7 Å². The maximum Gasteiger partial charge on any atom is 0.0964 e. The molecule has 0 amide bonds. The van der Waals surface area contributed by atoms with Crippen molar-refractivity contribution in [1.29, 1.82) is 0 Å².